The van der Waals surface area contributed by atoms with Gasteiger partial charge in [-0.1, -0.05) is 6.08 Å². The Kier molecular flexibility index (Phi) is 5.37. The van der Waals surface area contributed by atoms with E-state index in [0.29, 0.717) is 12.0 Å². The predicted octanol–water partition coefficient (Wildman–Crippen LogP) is 1.27. The lowest BCUT2D eigenvalue weighted by Crippen LogP contribution is -2.11. The molecule has 0 fully saturated rings. The first-order valence-corrected chi connectivity index (χ1v) is 4.06. The summed E-state index contributed by atoms with van der Waals surface area (Å²) in [7, 11) is 0. The fourth-order valence-electron chi connectivity index (χ4n) is 0.554. The Balaban J connectivity index is 3.58. The summed E-state index contributed by atoms with van der Waals surface area (Å²) in [6, 6.07) is 0. The molecular weight excluding hydrogens is 156 g/mol. The molecule has 0 aromatic carbocycles. The maximum absolute atomic E-state index is 11.0. The summed E-state index contributed by atoms with van der Waals surface area (Å²) in [5.41, 5.74) is 0.598. The van der Waals surface area contributed by atoms with E-state index in [1.54, 1.807) is 26.8 Å². The summed E-state index contributed by atoms with van der Waals surface area (Å²) >= 11 is 0. The Bertz CT molecular complexity index is 171. The zero-order chi connectivity index (χ0) is 9.56. The van der Waals surface area contributed by atoms with Crippen LogP contribution in [0.4, 0.5) is 0 Å². The molecule has 0 saturated heterocycles. The number of esters is 1. The Morgan fingerprint density at radius 2 is 2.25 bits per heavy atom. The van der Waals surface area contributed by atoms with Gasteiger partial charge in [-0.05, 0) is 20.8 Å². The molecule has 0 aliphatic carbocycles. The normalized spacial score (nSPS) is 14.2. The van der Waals surface area contributed by atoms with Crippen molar-refractivity contribution in [3.05, 3.63) is 11.6 Å². The van der Waals surface area contributed by atoms with Gasteiger partial charge in [0.15, 0.2) is 0 Å². The summed E-state index contributed by atoms with van der Waals surface area (Å²) < 4.78 is 4.84. The third kappa shape index (κ3) is 4.91. The van der Waals surface area contributed by atoms with Gasteiger partial charge in [-0.2, -0.15) is 0 Å². The van der Waals surface area contributed by atoms with E-state index in [4.69, 9.17) is 9.84 Å². The van der Waals surface area contributed by atoms with Crippen molar-refractivity contribution in [3.63, 3.8) is 0 Å². The summed E-state index contributed by atoms with van der Waals surface area (Å²) in [5.74, 6) is -0.307. The van der Waals surface area contributed by atoms with Crippen molar-refractivity contribution < 1.29 is 14.6 Å². The summed E-state index contributed by atoms with van der Waals surface area (Å²) in [5, 5.41) is 8.86. The van der Waals surface area contributed by atoms with Crippen molar-refractivity contribution in [1.82, 2.24) is 0 Å². The maximum Gasteiger partial charge on any atom is 0.333 e. The van der Waals surface area contributed by atoms with Crippen LogP contribution in [0.15, 0.2) is 11.6 Å². The molecule has 3 heteroatoms. The molecule has 0 bridgehead atoms. The zero-order valence-electron chi connectivity index (χ0n) is 7.83. The fraction of sp³-hybridized carbons (Fsp3) is 0.667. The molecule has 1 N–H and O–H groups in total. The monoisotopic (exact) mass is 172 g/mol. The lowest BCUT2D eigenvalue weighted by atomic mass is 10.3. The summed E-state index contributed by atoms with van der Waals surface area (Å²) in [6.07, 6.45) is 1.77. The number of ether oxygens (including phenoxy) is 1. The highest BCUT2D eigenvalue weighted by Crippen LogP contribution is 1.97. The molecule has 0 aromatic heterocycles. The Morgan fingerprint density at radius 3 is 2.67 bits per heavy atom. The van der Waals surface area contributed by atoms with Crippen LogP contribution < -0.4 is 0 Å². The number of hydrogen-bond donors (Lipinski definition) is 1. The molecule has 0 radical (unpaired) electrons. The van der Waals surface area contributed by atoms with E-state index in [-0.39, 0.29) is 12.6 Å². The van der Waals surface area contributed by atoms with Gasteiger partial charge in [0.1, 0.15) is 0 Å². The molecular formula is C9H16O3. The Hall–Kier alpha value is -0.830. The number of carbonyl (C=O) groups is 1. The van der Waals surface area contributed by atoms with Crippen LogP contribution in [0.1, 0.15) is 27.2 Å². The fourth-order valence-corrected chi connectivity index (χ4v) is 0.554. The van der Waals surface area contributed by atoms with Crippen molar-refractivity contribution in [1.29, 1.82) is 0 Å². The van der Waals surface area contributed by atoms with Crippen LogP contribution in [-0.2, 0) is 9.53 Å². The standard InChI is InChI=1S/C9H16O3/c1-4-7(2)9(11)12-6-5-8(3)10/h4,8,10H,5-6H2,1-3H3. The minimum Gasteiger partial charge on any atom is -0.462 e. The minimum absolute atomic E-state index is 0.279. The topological polar surface area (TPSA) is 46.5 Å². The molecule has 0 heterocycles. The number of hydrogen-bond acceptors (Lipinski definition) is 3. The van der Waals surface area contributed by atoms with E-state index in [0.717, 1.165) is 0 Å². The van der Waals surface area contributed by atoms with E-state index < -0.39 is 6.10 Å². The molecule has 0 aliphatic heterocycles. The minimum atomic E-state index is -0.413. The first kappa shape index (κ1) is 11.2. The average molecular weight is 172 g/mol. The lowest BCUT2D eigenvalue weighted by Gasteiger charge is -2.05. The Morgan fingerprint density at radius 1 is 1.67 bits per heavy atom. The first-order valence-electron chi connectivity index (χ1n) is 4.06. The van der Waals surface area contributed by atoms with Crippen LogP contribution >= 0.6 is 0 Å². The molecule has 0 saturated carbocycles. The van der Waals surface area contributed by atoms with Crippen LogP contribution in [0.2, 0.25) is 0 Å². The van der Waals surface area contributed by atoms with E-state index in [1.807, 2.05) is 0 Å². The van der Waals surface area contributed by atoms with Crippen LogP contribution in [0.25, 0.3) is 0 Å². The largest absolute Gasteiger partial charge is 0.462 e. The lowest BCUT2D eigenvalue weighted by molar-refractivity contribution is -0.139. The van der Waals surface area contributed by atoms with Crippen molar-refractivity contribution in [2.24, 2.45) is 0 Å². The van der Waals surface area contributed by atoms with Gasteiger partial charge in [0, 0.05) is 12.0 Å². The first-order chi connectivity index (χ1) is 5.57. The van der Waals surface area contributed by atoms with Gasteiger partial charge in [-0.3, -0.25) is 0 Å². The molecule has 0 amide bonds. The van der Waals surface area contributed by atoms with Gasteiger partial charge < -0.3 is 9.84 Å². The van der Waals surface area contributed by atoms with Gasteiger partial charge in [0.25, 0.3) is 0 Å². The highest BCUT2D eigenvalue weighted by Gasteiger charge is 2.04. The maximum atomic E-state index is 11.0. The van der Waals surface area contributed by atoms with E-state index >= 15 is 0 Å². The van der Waals surface area contributed by atoms with Crippen LogP contribution in [-0.4, -0.2) is 23.8 Å². The van der Waals surface area contributed by atoms with Crippen LogP contribution in [0, 0.1) is 0 Å². The number of allylic oxidation sites excluding steroid dienone is 1. The Labute approximate surface area is 73.0 Å². The molecule has 70 valence electrons. The van der Waals surface area contributed by atoms with Gasteiger partial charge in [0.05, 0.1) is 12.7 Å². The average Bonchev–Trinajstić information content (AvgIpc) is 2.02. The van der Waals surface area contributed by atoms with Crippen molar-refractivity contribution in [3.8, 4) is 0 Å². The van der Waals surface area contributed by atoms with E-state index in [1.165, 1.54) is 0 Å². The van der Waals surface area contributed by atoms with Crippen LogP contribution in [0.3, 0.4) is 0 Å². The van der Waals surface area contributed by atoms with Gasteiger partial charge in [0.2, 0.25) is 0 Å². The highest BCUT2D eigenvalue weighted by atomic mass is 16.5. The van der Waals surface area contributed by atoms with Gasteiger partial charge in [-0.15, -0.1) is 0 Å². The van der Waals surface area contributed by atoms with Gasteiger partial charge in [-0.25, -0.2) is 4.79 Å². The van der Waals surface area contributed by atoms with E-state index in [9.17, 15) is 4.79 Å². The van der Waals surface area contributed by atoms with Crippen molar-refractivity contribution in [2.45, 2.75) is 33.3 Å². The summed E-state index contributed by atoms with van der Waals surface area (Å²) in [6.45, 7) is 5.42. The molecule has 1 unspecified atom stereocenters. The van der Waals surface area contributed by atoms with Crippen molar-refractivity contribution >= 4 is 5.97 Å². The smallest absolute Gasteiger partial charge is 0.333 e. The molecule has 0 spiro atoms. The molecule has 0 rings (SSSR count). The second-order valence-corrected chi connectivity index (χ2v) is 2.75. The number of rotatable bonds is 4. The third-order valence-corrected chi connectivity index (χ3v) is 1.52. The molecule has 0 aliphatic rings. The summed E-state index contributed by atoms with van der Waals surface area (Å²) in [4.78, 5) is 11.0. The molecule has 3 nitrogen and oxygen atoms in total. The molecule has 0 aromatic rings. The number of aliphatic hydroxyl groups excluding tert-OH is 1. The van der Waals surface area contributed by atoms with Gasteiger partial charge >= 0.3 is 5.97 Å². The zero-order valence-corrected chi connectivity index (χ0v) is 7.83. The predicted molar refractivity (Wildman–Crippen MR) is 46.7 cm³/mol. The highest BCUT2D eigenvalue weighted by molar-refractivity contribution is 5.87. The number of aliphatic hydroxyl groups is 1. The second-order valence-electron chi connectivity index (χ2n) is 2.75. The molecule has 12 heavy (non-hydrogen) atoms. The van der Waals surface area contributed by atoms with E-state index in [2.05, 4.69) is 0 Å². The van der Waals surface area contributed by atoms with Crippen molar-refractivity contribution in [2.75, 3.05) is 6.61 Å². The SMILES string of the molecule is CC=C(C)C(=O)OCCC(C)O. The third-order valence-electron chi connectivity index (χ3n) is 1.52. The number of carbonyl (C=O) groups excluding carboxylic acids is 1. The van der Waals surface area contributed by atoms with Crippen LogP contribution in [0.5, 0.6) is 0 Å². The molecule has 1 atom stereocenters. The quantitative estimate of drug-likeness (QED) is 0.513. The second kappa shape index (κ2) is 5.77.